The second kappa shape index (κ2) is 6.91. The summed E-state index contributed by atoms with van der Waals surface area (Å²) in [5.41, 5.74) is 14.8. The molecule has 0 spiro atoms. The molecule has 0 heteroatoms. The van der Waals surface area contributed by atoms with Gasteiger partial charge in [0.1, 0.15) is 0 Å². The van der Waals surface area contributed by atoms with E-state index in [9.17, 15) is 0 Å². The molecule has 2 aliphatic rings. The first kappa shape index (κ1) is 17.3. The highest BCUT2D eigenvalue weighted by Gasteiger charge is 2.25. The fraction of sp³-hybridized carbons (Fsp3) is 0.308. The van der Waals surface area contributed by atoms with Crippen LogP contribution in [-0.4, -0.2) is 0 Å². The van der Waals surface area contributed by atoms with Gasteiger partial charge in [0.2, 0.25) is 0 Å². The molecular weight excluding hydrogens is 312 g/mol. The topological polar surface area (TPSA) is 0 Å². The lowest BCUT2D eigenvalue weighted by Crippen LogP contribution is -1.94. The highest BCUT2D eigenvalue weighted by Crippen LogP contribution is 2.45. The second-order valence-corrected chi connectivity index (χ2v) is 7.58. The van der Waals surface area contributed by atoms with Crippen LogP contribution in [0.4, 0.5) is 0 Å². The van der Waals surface area contributed by atoms with E-state index in [-0.39, 0.29) is 0 Å². The van der Waals surface area contributed by atoms with E-state index < -0.39 is 0 Å². The Morgan fingerprint density at radius 3 is 1.42 bits per heavy atom. The molecule has 0 fully saturated rings. The van der Waals surface area contributed by atoms with Crippen LogP contribution in [0.1, 0.15) is 72.9 Å². The lowest BCUT2D eigenvalue weighted by atomic mass is 9.90. The third-order valence-electron chi connectivity index (χ3n) is 6.04. The molecular formula is C26H28. The van der Waals surface area contributed by atoms with Crippen molar-refractivity contribution in [2.24, 2.45) is 0 Å². The molecule has 0 bridgehead atoms. The quantitative estimate of drug-likeness (QED) is 0.538. The molecule has 0 nitrogen and oxygen atoms in total. The van der Waals surface area contributed by atoms with Crippen LogP contribution in [0, 0.1) is 26.7 Å². The van der Waals surface area contributed by atoms with Crippen LogP contribution in [-0.2, 0) is 0 Å². The maximum absolute atomic E-state index is 2.41. The van der Waals surface area contributed by atoms with Crippen molar-refractivity contribution >= 4 is 11.1 Å². The van der Waals surface area contributed by atoms with Crippen molar-refractivity contribution in [1.82, 2.24) is 0 Å². The van der Waals surface area contributed by atoms with Gasteiger partial charge >= 0.3 is 0 Å². The summed E-state index contributed by atoms with van der Waals surface area (Å²) in [7, 11) is 0. The molecule has 0 heterocycles. The van der Waals surface area contributed by atoms with Crippen LogP contribution in [0.2, 0.25) is 0 Å². The van der Waals surface area contributed by atoms with Gasteiger partial charge < -0.3 is 0 Å². The number of allylic oxidation sites excluding steroid dienone is 4. The normalized spacial score (nSPS) is 15.7. The average molecular weight is 341 g/mol. The van der Waals surface area contributed by atoms with Gasteiger partial charge in [-0.1, -0.05) is 61.4 Å². The zero-order chi connectivity index (χ0) is 18.3. The molecule has 132 valence electrons. The third-order valence-corrected chi connectivity index (χ3v) is 6.04. The van der Waals surface area contributed by atoms with Crippen molar-refractivity contribution in [3.05, 3.63) is 93.8 Å². The predicted molar refractivity (Wildman–Crippen MR) is 113 cm³/mol. The number of hydrogen-bond acceptors (Lipinski definition) is 0. The molecule has 0 aromatic heterocycles. The smallest absolute Gasteiger partial charge is 0.0167 e. The fourth-order valence-electron chi connectivity index (χ4n) is 4.77. The van der Waals surface area contributed by atoms with Crippen LogP contribution >= 0.6 is 0 Å². The molecule has 0 aliphatic heterocycles. The Labute approximate surface area is 158 Å². The van der Waals surface area contributed by atoms with Crippen molar-refractivity contribution in [3.8, 4) is 0 Å². The predicted octanol–water partition coefficient (Wildman–Crippen LogP) is 7.24. The number of hydrogen-bond donors (Lipinski definition) is 0. The van der Waals surface area contributed by atoms with Gasteiger partial charge in [0, 0.05) is 12.8 Å². The number of fused-ring (bicyclic) bond motifs is 2. The highest BCUT2D eigenvalue weighted by atomic mass is 14.3. The third kappa shape index (κ3) is 2.76. The Kier molecular flexibility index (Phi) is 4.61. The van der Waals surface area contributed by atoms with E-state index in [1.54, 1.807) is 11.1 Å². The highest BCUT2D eigenvalue weighted by molar-refractivity contribution is 5.86. The van der Waals surface area contributed by atoms with E-state index in [0.29, 0.717) is 0 Å². The average Bonchev–Trinajstić information content (AvgIpc) is 3.19. The van der Waals surface area contributed by atoms with Gasteiger partial charge in [0.05, 0.1) is 0 Å². The van der Waals surface area contributed by atoms with E-state index in [1.165, 1.54) is 44.5 Å². The lowest BCUT2D eigenvalue weighted by Gasteiger charge is -2.14. The van der Waals surface area contributed by atoms with Crippen LogP contribution < -0.4 is 0 Å². The maximum atomic E-state index is 2.41. The Morgan fingerprint density at radius 2 is 1.04 bits per heavy atom. The molecule has 4 rings (SSSR count). The van der Waals surface area contributed by atoms with Crippen LogP contribution in [0.15, 0.2) is 47.5 Å². The fourth-order valence-corrected chi connectivity index (χ4v) is 4.77. The second-order valence-electron chi connectivity index (χ2n) is 7.58. The standard InChI is InChI=1S/C26H28/c1-5-19-15-21-11-7-9-17(3)25(21)23(19)13-14-24-20(6-2)16-22-12-8-10-18(4)26(22)24/h7-12,15-16H,5-6,13-14H2,1-4H3. The zero-order valence-corrected chi connectivity index (χ0v) is 16.4. The first-order valence-electron chi connectivity index (χ1n) is 9.97. The minimum absolute atomic E-state index is 1.12. The van der Waals surface area contributed by atoms with Crippen LogP contribution in [0.3, 0.4) is 0 Å². The van der Waals surface area contributed by atoms with Crippen molar-refractivity contribution in [1.29, 1.82) is 0 Å². The van der Waals surface area contributed by atoms with Gasteiger partial charge in [0.25, 0.3) is 0 Å². The SMILES string of the molecule is CCC1=C(CCC2=C(CC)[CH]c3cccc(C)c32)c2c(C)cccc2[CH]1. The number of rotatable bonds is 5. The van der Waals surface area contributed by atoms with Crippen molar-refractivity contribution in [2.75, 3.05) is 0 Å². The summed E-state index contributed by atoms with van der Waals surface area (Å²) in [5.74, 6) is 0. The Morgan fingerprint density at radius 1 is 0.615 bits per heavy atom. The number of benzene rings is 2. The van der Waals surface area contributed by atoms with Gasteiger partial charge in [-0.25, -0.2) is 0 Å². The first-order chi connectivity index (χ1) is 12.6. The van der Waals surface area contributed by atoms with Crippen molar-refractivity contribution < 1.29 is 0 Å². The van der Waals surface area contributed by atoms with Gasteiger partial charge in [-0.15, -0.1) is 0 Å². The molecule has 0 unspecified atom stereocenters. The largest absolute Gasteiger partial charge is 0.0617 e. The summed E-state index contributed by atoms with van der Waals surface area (Å²) in [5, 5.41) is 0. The molecule has 2 aromatic rings. The molecule has 0 saturated carbocycles. The Bertz CT molecular complexity index is 844. The summed E-state index contributed by atoms with van der Waals surface area (Å²) in [6.07, 6.45) is 9.32. The summed E-state index contributed by atoms with van der Waals surface area (Å²) < 4.78 is 0. The van der Waals surface area contributed by atoms with Crippen molar-refractivity contribution in [3.63, 3.8) is 0 Å². The molecule has 2 radical (unpaired) electrons. The summed E-state index contributed by atoms with van der Waals surface area (Å²) >= 11 is 0. The Balaban J connectivity index is 1.68. The summed E-state index contributed by atoms with van der Waals surface area (Å²) in [4.78, 5) is 0. The summed E-state index contributed by atoms with van der Waals surface area (Å²) in [6.45, 7) is 9.08. The van der Waals surface area contributed by atoms with Crippen LogP contribution in [0.5, 0.6) is 0 Å². The minimum Gasteiger partial charge on any atom is -0.0617 e. The number of aryl methyl sites for hydroxylation is 2. The van der Waals surface area contributed by atoms with Gasteiger partial charge in [0.15, 0.2) is 0 Å². The van der Waals surface area contributed by atoms with E-state index >= 15 is 0 Å². The molecule has 0 amide bonds. The molecule has 2 aliphatic carbocycles. The van der Waals surface area contributed by atoms with Gasteiger partial charge in [-0.3, -0.25) is 0 Å². The maximum Gasteiger partial charge on any atom is 0.0167 e. The first-order valence-corrected chi connectivity index (χ1v) is 9.97. The molecule has 2 aromatic carbocycles. The zero-order valence-electron chi connectivity index (χ0n) is 16.4. The minimum atomic E-state index is 1.12. The summed E-state index contributed by atoms with van der Waals surface area (Å²) in [6, 6.07) is 13.4. The van der Waals surface area contributed by atoms with E-state index in [2.05, 4.69) is 76.9 Å². The van der Waals surface area contributed by atoms with Crippen LogP contribution in [0.25, 0.3) is 11.1 Å². The van der Waals surface area contributed by atoms with Gasteiger partial charge in [-0.2, -0.15) is 0 Å². The van der Waals surface area contributed by atoms with E-state index in [4.69, 9.17) is 0 Å². The molecule has 0 atom stereocenters. The lowest BCUT2D eigenvalue weighted by molar-refractivity contribution is 1.03. The Hall–Kier alpha value is -2.08. The molecule has 26 heavy (non-hydrogen) atoms. The van der Waals surface area contributed by atoms with E-state index in [1.807, 2.05) is 0 Å². The molecule has 0 saturated heterocycles. The monoisotopic (exact) mass is 340 g/mol. The van der Waals surface area contributed by atoms with Gasteiger partial charge in [-0.05, 0) is 84.1 Å². The molecule has 0 N–H and O–H groups in total. The van der Waals surface area contributed by atoms with Crippen molar-refractivity contribution in [2.45, 2.75) is 53.4 Å². The van der Waals surface area contributed by atoms with E-state index in [0.717, 1.165) is 25.7 Å².